The Morgan fingerprint density at radius 1 is 1.04 bits per heavy atom. The lowest BCUT2D eigenvalue weighted by molar-refractivity contribution is 1.13. The van der Waals surface area contributed by atoms with E-state index in [2.05, 4.69) is 16.0 Å². The van der Waals surface area contributed by atoms with E-state index in [1.807, 2.05) is 40.8 Å². The number of benzene rings is 2. The second-order valence-corrected chi connectivity index (χ2v) is 5.51. The minimum absolute atomic E-state index is 0.167. The highest BCUT2D eigenvalue weighted by Crippen LogP contribution is 2.31. The third-order valence-corrected chi connectivity index (χ3v) is 3.96. The molecule has 0 spiro atoms. The Morgan fingerprint density at radius 2 is 1.78 bits per heavy atom. The van der Waals surface area contributed by atoms with Gasteiger partial charge in [-0.2, -0.15) is 10.2 Å². The van der Waals surface area contributed by atoms with E-state index in [0.717, 1.165) is 16.6 Å². The molecule has 2 aromatic heterocycles. The van der Waals surface area contributed by atoms with Crippen LogP contribution in [0.25, 0.3) is 28.1 Å². The molecular formula is C17H10ClN5. The third kappa shape index (κ3) is 2.00. The number of nitrogens with zero attached hydrogens (tertiary/aromatic N) is 4. The number of rotatable bonds is 1. The summed E-state index contributed by atoms with van der Waals surface area (Å²) in [5, 5.41) is 10.2. The maximum atomic E-state index is 9.55. The highest BCUT2D eigenvalue weighted by atomic mass is 35.5. The first-order valence-electron chi connectivity index (χ1n) is 6.92. The van der Waals surface area contributed by atoms with Crippen LogP contribution in [-0.4, -0.2) is 14.4 Å². The zero-order valence-electron chi connectivity index (χ0n) is 11.9. The standard InChI is InChI=1S/C17H10ClN5/c18-11-7-5-10(6-8-11)15-12(9-19)16(20)22-17-21-13-3-1-2-4-14(13)23(15)17/h1-8H,(H2,20,21,22). The van der Waals surface area contributed by atoms with Gasteiger partial charge in [0, 0.05) is 10.6 Å². The van der Waals surface area contributed by atoms with Gasteiger partial charge >= 0.3 is 0 Å². The molecule has 0 aliphatic carbocycles. The quantitative estimate of drug-likeness (QED) is 0.580. The number of para-hydroxylation sites is 2. The number of imidazole rings is 1. The van der Waals surface area contributed by atoms with E-state index in [4.69, 9.17) is 17.3 Å². The monoisotopic (exact) mass is 319 g/mol. The van der Waals surface area contributed by atoms with Crippen LogP contribution in [0.5, 0.6) is 0 Å². The average molecular weight is 320 g/mol. The van der Waals surface area contributed by atoms with Crippen molar-refractivity contribution in [3.05, 3.63) is 59.1 Å². The van der Waals surface area contributed by atoms with Gasteiger partial charge in [0.05, 0.1) is 16.7 Å². The highest BCUT2D eigenvalue weighted by Gasteiger charge is 2.18. The van der Waals surface area contributed by atoms with Gasteiger partial charge in [-0.05, 0) is 24.3 Å². The van der Waals surface area contributed by atoms with Crippen molar-refractivity contribution in [1.82, 2.24) is 14.4 Å². The first-order valence-corrected chi connectivity index (χ1v) is 7.29. The van der Waals surface area contributed by atoms with Crippen LogP contribution in [0, 0.1) is 11.3 Å². The molecule has 4 rings (SSSR count). The number of hydrogen-bond donors (Lipinski definition) is 1. The largest absolute Gasteiger partial charge is 0.382 e. The van der Waals surface area contributed by atoms with Crippen LogP contribution in [-0.2, 0) is 0 Å². The SMILES string of the molecule is N#Cc1c(N)nc2nc3ccccc3n2c1-c1ccc(Cl)cc1. The van der Waals surface area contributed by atoms with Crippen LogP contribution in [0.2, 0.25) is 5.02 Å². The summed E-state index contributed by atoms with van der Waals surface area (Å²) < 4.78 is 1.85. The predicted molar refractivity (Wildman–Crippen MR) is 90.1 cm³/mol. The van der Waals surface area contributed by atoms with Crippen molar-refractivity contribution in [3.8, 4) is 17.3 Å². The molecule has 2 N–H and O–H groups in total. The molecule has 0 atom stereocenters. The molecular weight excluding hydrogens is 310 g/mol. The van der Waals surface area contributed by atoms with Crippen molar-refractivity contribution >= 4 is 34.2 Å². The maximum absolute atomic E-state index is 9.55. The number of aromatic nitrogens is 3. The van der Waals surface area contributed by atoms with Crippen LogP contribution in [0.1, 0.15) is 5.56 Å². The van der Waals surface area contributed by atoms with Crippen molar-refractivity contribution < 1.29 is 0 Å². The number of hydrogen-bond acceptors (Lipinski definition) is 4. The van der Waals surface area contributed by atoms with Crippen LogP contribution < -0.4 is 5.73 Å². The zero-order chi connectivity index (χ0) is 16.0. The molecule has 0 radical (unpaired) electrons. The summed E-state index contributed by atoms with van der Waals surface area (Å²) in [4.78, 5) is 8.76. The molecule has 2 aromatic carbocycles. The van der Waals surface area contributed by atoms with Crippen LogP contribution in [0.15, 0.2) is 48.5 Å². The highest BCUT2D eigenvalue weighted by molar-refractivity contribution is 6.30. The molecule has 2 heterocycles. The summed E-state index contributed by atoms with van der Waals surface area (Å²) in [6.07, 6.45) is 0. The molecule has 0 fully saturated rings. The number of halogens is 1. The number of anilines is 1. The summed E-state index contributed by atoms with van der Waals surface area (Å²) in [5.74, 6) is 0.632. The Morgan fingerprint density at radius 3 is 2.52 bits per heavy atom. The lowest BCUT2D eigenvalue weighted by atomic mass is 10.1. The van der Waals surface area contributed by atoms with Crippen molar-refractivity contribution in [1.29, 1.82) is 5.26 Å². The molecule has 0 aliphatic rings. The lowest BCUT2D eigenvalue weighted by Crippen LogP contribution is -2.04. The summed E-state index contributed by atoms with van der Waals surface area (Å²) in [6, 6.07) is 17.1. The first-order chi connectivity index (χ1) is 11.2. The molecule has 6 heteroatoms. The van der Waals surface area contributed by atoms with Gasteiger partial charge in [0.2, 0.25) is 5.78 Å². The topological polar surface area (TPSA) is 80.0 Å². The van der Waals surface area contributed by atoms with Crippen molar-refractivity contribution in [2.45, 2.75) is 0 Å². The first kappa shape index (κ1) is 13.6. The summed E-state index contributed by atoms with van der Waals surface area (Å²) >= 11 is 5.98. The molecule has 110 valence electrons. The Hall–Kier alpha value is -3.10. The second-order valence-electron chi connectivity index (χ2n) is 5.08. The predicted octanol–water partition coefficient (Wildman–Crippen LogP) is 3.66. The second kappa shape index (κ2) is 4.97. The van der Waals surface area contributed by atoms with Gasteiger partial charge in [-0.1, -0.05) is 35.9 Å². The van der Waals surface area contributed by atoms with Gasteiger partial charge in [-0.25, -0.2) is 4.98 Å². The molecule has 5 nitrogen and oxygen atoms in total. The summed E-state index contributed by atoms with van der Waals surface area (Å²) in [7, 11) is 0. The van der Waals surface area contributed by atoms with Gasteiger partial charge in [-0.3, -0.25) is 4.40 Å². The third-order valence-electron chi connectivity index (χ3n) is 3.71. The molecule has 4 aromatic rings. The fourth-order valence-electron chi connectivity index (χ4n) is 2.70. The van der Waals surface area contributed by atoms with E-state index in [1.165, 1.54) is 0 Å². The van der Waals surface area contributed by atoms with E-state index < -0.39 is 0 Å². The molecule has 0 saturated heterocycles. The Kier molecular flexibility index (Phi) is 2.93. The molecule has 23 heavy (non-hydrogen) atoms. The van der Waals surface area contributed by atoms with Gasteiger partial charge in [-0.15, -0.1) is 0 Å². The van der Waals surface area contributed by atoms with Gasteiger partial charge in [0.1, 0.15) is 17.5 Å². The minimum Gasteiger partial charge on any atom is -0.382 e. The molecule has 0 saturated carbocycles. The molecule has 0 unspecified atom stereocenters. The van der Waals surface area contributed by atoms with Crippen LogP contribution in [0.3, 0.4) is 0 Å². The minimum atomic E-state index is 0.167. The van der Waals surface area contributed by atoms with E-state index in [1.54, 1.807) is 12.1 Å². The summed E-state index contributed by atoms with van der Waals surface area (Å²) in [6.45, 7) is 0. The normalized spacial score (nSPS) is 11.0. The number of fused-ring (bicyclic) bond motifs is 3. The number of nitrogen functional groups attached to an aromatic ring is 1. The van der Waals surface area contributed by atoms with Gasteiger partial charge < -0.3 is 5.73 Å². The Bertz CT molecular complexity index is 1090. The van der Waals surface area contributed by atoms with Crippen LogP contribution >= 0.6 is 11.6 Å². The van der Waals surface area contributed by atoms with E-state index in [-0.39, 0.29) is 5.82 Å². The van der Waals surface area contributed by atoms with E-state index in [0.29, 0.717) is 22.1 Å². The smallest absolute Gasteiger partial charge is 0.237 e. The fourth-order valence-corrected chi connectivity index (χ4v) is 2.82. The van der Waals surface area contributed by atoms with E-state index in [9.17, 15) is 5.26 Å². The van der Waals surface area contributed by atoms with Crippen molar-refractivity contribution in [2.75, 3.05) is 5.73 Å². The average Bonchev–Trinajstić information content (AvgIpc) is 2.92. The molecule has 0 bridgehead atoms. The number of nitrogens with two attached hydrogens (primary N) is 1. The van der Waals surface area contributed by atoms with Crippen molar-refractivity contribution in [2.24, 2.45) is 0 Å². The van der Waals surface area contributed by atoms with Gasteiger partial charge in [0.25, 0.3) is 0 Å². The molecule has 0 aliphatic heterocycles. The zero-order valence-corrected chi connectivity index (χ0v) is 12.6. The fraction of sp³-hybridized carbons (Fsp3) is 0. The van der Waals surface area contributed by atoms with Crippen molar-refractivity contribution in [3.63, 3.8) is 0 Å². The maximum Gasteiger partial charge on any atom is 0.237 e. The summed E-state index contributed by atoms with van der Waals surface area (Å²) in [5.41, 5.74) is 9.46. The van der Waals surface area contributed by atoms with E-state index >= 15 is 0 Å². The molecule has 0 amide bonds. The Balaban J connectivity index is 2.22. The Labute approximate surface area is 136 Å². The van der Waals surface area contributed by atoms with Crippen LogP contribution in [0.4, 0.5) is 5.82 Å². The number of nitriles is 1. The lowest BCUT2D eigenvalue weighted by Gasteiger charge is -2.10. The van der Waals surface area contributed by atoms with Gasteiger partial charge in [0.15, 0.2) is 0 Å².